The van der Waals surface area contributed by atoms with E-state index >= 15 is 0 Å². The monoisotopic (exact) mass is 352 g/mol. The van der Waals surface area contributed by atoms with E-state index in [0.717, 1.165) is 36.3 Å². The lowest BCUT2D eigenvalue weighted by Crippen LogP contribution is -2.57. The van der Waals surface area contributed by atoms with Crippen LogP contribution >= 0.6 is 0 Å². The van der Waals surface area contributed by atoms with E-state index in [1.807, 2.05) is 0 Å². The number of amides is 2. The molecule has 6 rings (SSSR count). The van der Waals surface area contributed by atoms with Gasteiger partial charge in [-0.2, -0.15) is 0 Å². The summed E-state index contributed by atoms with van der Waals surface area (Å²) >= 11 is 0. The standard InChI is InChI=1S/C23H32N2O/c1-2-21(23-12-15-8-16(13-23)10-17(9-15)14-23)25-22(26)24-20-7-6-18-4-3-5-19(18)11-20/h6-7,11,15-17,21H,2-5,8-10,12-14H2,1H3,(H2,24,25,26)/t15?,16?,17?,21-,23?/m1/s1. The molecule has 0 aromatic heterocycles. The molecule has 2 N–H and O–H groups in total. The third-order valence-corrected chi connectivity index (χ3v) is 7.89. The molecule has 1 aromatic carbocycles. The zero-order valence-electron chi connectivity index (χ0n) is 16.0. The van der Waals surface area contributed by atoms with Gasteiger partial charge in [0.1, 0.15) is 0 Å². The van der Waals surface area contributed by atoms with Crippen molar-refractivity contribution in [2.24, 2.45) is 23.2 Å². The Bertz CT molecular complexity index is 675. The topological polar surface area (TPSA) is 41.1 Å². The van der Waals surface area contributed by atoms with Gasteiger partial charge in [-0.3, -0.25) is 0 Å². The molecular weight excluding hydrogens is 320 g/mol. The minimum atomic E-state index is -0.00876. The number of fused-ring (bicyclic) bond motifs is 1. The van der Waals surface area contributed by atoms with Crippen molar-refractivity contribution in [2.75, 3.05) is 5.32 Å². The van der Waals surface area contributed by atoms with Crippen molar-refractivity contribution in [1.29, 1.82) is 0 Å². The number of carbonyl (C=O) groups excluding carboxylic acids is 1. The van der Waals surface area contributed by atoms with Crippen molar-refractivity contribution in [3.63, 3.8) is 0 Å². The number of aryl methyl sites for hydroxylation is 2. The Kier molecular flexibility index (Phi) is 4.02. The van der Waals surface area contributed by atoms with Crippen LogP contribution in [0, 0.1) is 23.2 Å². The van der Waals surface area contributed by atoms with Gasteiger partial charge in [0.05, 0.1) is 0 Å². The van der Waals surface area contributed by atoms with Gasteiger partial charge in [0.15, 0.2) is 0 Å². The molecule has 4 saturated carbocycles. The van der Waals surface area contributed by atoms with Gasteiger partial charge in [-0.1, -0.05) is 13.0 Å². The van der Waals surface area contributed by atoms with E-state index in [-0.39, 0.29) is 6.03 Å². The van der Waals surface area contributed by atoms with Crippen LogP contribution in [0.25, 0.3) is 0 Å². The highest BCUT2D eigenvalue weighted by Crippen LogP contribution is 2.61. The first-order valence-electron chi connectivity index (χ1n) is 10.8. The molecule has 0 unspecified atom stereocenters. The number of carbonyl (C=O) groups is 1. The third-order valence-electron chi connectivity index (χ3n) is 7.89. The van der Waals surface area contributed by atoms with Crippen LogP contribution < -0.4 is 10.6 Å². The lowest BCUT2D eigenvalue weighted by Gasteiger charge is -2.59. The quantitative estimate of drug-likeness (QED) is 0.759. The number of nitrogens with one attached hydrogen (secondary N) is 2. The van der Waals surface area contributed by atoms with Gasteiger partial charge in [-0.05, 0) is 111 Å². The van der Waals surface area contributed by atoms with Gasteiger partial charge in [0.2, 0.25) is 0 Å². The summed E-state index contributed by atoms with van der Waals surface area (Å²) in [6, 6.07) is 6.74. The van der Waals surface area contributed by atoms with Gasteiger partial charge < -0.3 is 10.6 Å². The number of hydrogen-bond donors (Lipinski definition) is 2. The normalized spacial score (nSPS) is 35.2. The van der Waals surface area contributed by atoms with Crippen LogP contribution in [0.5, 0.6) is 0 Å². The number of anilines is 1. The first kappa shape index (κ1) is 16.6. The predicted molar refractivity (Wildman–Crippen MR) is 105 cm³/mol. The second-order valence-electron chi connectivity index (χ2n) is 9.68. The fourth-order valence-corrected chi connectivity index (χ4v) is 7.27. The molecule has 1 atom stereocenters. The third kappa shape index (κ3) is 2.84. The summed E-state index contributed by atoms with van der Waals surface area (Å²) in [5, 5.41) is 6.51. The van der Waals surface area contributed by atoms with Crippen LogP contribution in [0.2, 0.25) is 0 Å². The second-order valence-corrected chi connectivity index (χ2v) is 9.68. The van der Waals surface area contributed by atoms with Crippen molar-refractivity contribution in [3.05, 3.63) is 29.3 Å². The van der Waals surface area contributed by atoms with Crippen LogP contribution in [0.4, 0.5) is 10.5 Å². The molecule has 2 amide bonds. The minimum absolute atomic E-state index is 0.00876. The lowest BCUT2D eigenvalue weighted by molar-refractivity contribution is -0.0719. The molecular formula is C23H32N2O. The molecule has 0 heterocycles. The Morgan fingerprint density at radius 2 is 1.73 bits per heavy atom. The summed E-state index contributed by atoms with van der Waals surface area (Å²) in [5.41, 5.74) is 4.19. The van der Waals surface area contributed by atoms with Crippen molar-refractivity contribution >= 4 is 11.7 Å². The SMILES string of the molecule is CC[C@@H](NC(=O)Nc1ccc2c(c1)CCC2)C12CC3CC(CC(C3)C1)C2. The molecule has 140 valence electrons. The summed E-state index contributed by atoms with van der Waals surface area (Å²) in [7, 11) is 0. The van der Waals surface area contributed by atoms with Crippen LogP contribution in [0.15, 0.2) is 18.2 Å². The Hall–Kier alpha value is -1.51. The zero-order valence-corrected chi connectivity index (χ0v) is 16.0. The van der Waals surface area contributed by atoms with Gasteiger partial charge in [0.25, 0.3) is 0 Å². The number of hydrogen-bond acceptors (Lipinski definition) is 1. The zero-order chi connectivity index (χ0) is 17.7. The number of rotatable bonds is 4. The van der Waals surface area contributed by atoms with E-state index in [9.17, 15) is 4.79 Å². The maximum Gasteiger partial charge on any atom is 0.319 e. The average Bonchev–Trinajstić information content (AvgIpc) is 3.06. The summed E-state index contributed by atoms with van der Waals surface area (Å²) in [6.07, 6.45) is 13.0. The first-order chi connectivity index (χ1) is 12.6. The maximum absolute atomic E-state index is 12.8. The van der Waals surface area contributed by atoms with E-state index in [1.165, 1.54) is 62.5 Å². The van der Waals surface area contributed by atoms with E-state index in [4.69, 9.17) is 0 Å². The van der Waals surface area contributed by atoms with Gasteiger partial charge in [0, 0.05) is 11.7 Å². The molecule has 4 bridgehead atoms. The van der Waals surface area contributed by atoms with Crippen LogP contribution in [-0.4, -0.2) is 12.1 Å². The highest BCUT2D eigenvalue weighted by Gasteiger charge is 2.54. The van der Waals surface area contributed by atoms with Crippen LogP contribution in [0.1, 0.15) is 69.4 Å². The predicted octanol–water partition coefficient (Wildman–Crippen LogP) is 5.29. The highest BCUT2D eigenvalue weighted by molar-refractivity contribution is 5.89. The van der Waals surface area contributed by atoms with Gasteiger partial charge >= 0.3 is 6.03 Å². The maximum atomic E-state index is 12.8. The summed E-state index contributed by atoms with van der Waals surface area (Å²) in [4.78, 5) is 12.8. The van der Waals surface area contributed by atoms with E-state index < -0.39 is 0 Å². The van der Waals surface area contributed by atoms with Crippen LogP contribution in [-0.2, 0) is 12.8 Å². The summed E-state index contributed by atoms with van der Waals surface area (Å²) in [6.45, 7) is 2.25. The molecule has 0 spiro atoms. The number of urea groups is 1. The molecule has 3 heteroatoms. The Morgan fingerprint density at radius 3 is 2.38 bits per heavy atom. The van der Waals surface area contributed by atoms with Gasteiger partial charge in [-0.15, -0.1) is 0 Å². The fourth-order valence-electron chi connectivity index (χ4n) is 7.27. The molecule has 0 radical (unpaired) electrons. The average molecular weight is 353 g/mol. The number of benzene rings is 1. The van der Waals surface area contributed by atoms with Crippen molar-refractivity contribution in [2.45, 2.75) is 77.2 Å². The molecule has 5 aliphatic rings. The molecule has 4 fully saturated rings. The van der Waals surface area contributed by atoms with Crippen LogP contribution in [0.3, 0.4) is 0 Å². The summed E-state index contributed by atoms with van der Waals surface area (Å²) in [5.74, 6) is 2.78. The minimum Gasteiger partial charge on any atom is -0.335 e. The largest absolute Gasteiger partial charge is 0.335 e. The first-order valence-corrected chi connectivity index (χ1v) is 10.8. The Labute approximate surface area is 157 Å². The van der Waals surface area contributed by atoms with E-state index in [2.05, 4.69) is 35.8 Å². The van der Waals surface area contributed by atoms with Crippen molar-refractivity contribution < 1.29 is 4.79 Å². The van der Waals surface area contributed by atoms with E-state index in [0.29, 0.717) is 11.5 Å². The Morgan fingerprint density at radius 1 is 1.08 bits per heavy atom. The second kappa shape index (κ2) is 6.28. The molecule has 0 saturated heterocycles. The highest BCUT2D eigenvalue weighted by atomic mass is 16.2. The molecule has 0 aliphatic heterocycles. The van der Waals surface area contributed by atoms with Crippen molar-refractivity contribution in [3.8, 4) is 0 Å². The molecule has 1 aromatic rings. The molecule has 26 heavy (non-hydrogen) atoms. The van der Waals surface area contributed by atoms with Gasteiger partial charge in [-0.25, -0.2) is 4.79 Å². The fraction of sp³-hybridized carbons (Fsp3) is 0.696. The summed E-state index contributed by atoms with van der Waals surface area (Å²) < 4.78 is 0. The molecule has 3 nitrogen and oxygen atoms in total. The smallest absolute Gasteiger partial charge is 0.319 e. The lowest BCUT2D eigenvalue weighted by atomic mass is 9.47. The van der Waals surface area contributed by atoms with E-state index in [1.54, 1.807) is 0 Å². The molecule has 5 aliphatic carbocycles. The van der Waals surface area contributed by atoms with Crippen molar-refractivity contribution in [1.82, 2.24) is 5.32 Å². The Balaban J connectivity index is 1.28.